The molecule has 0 bridgehead atoms. The number of hydrogen-bond acceptors (Lipinski definition) is 4. The molecule has 1 heterocycles. The number of hydrogen-bond donors (Lipinski definition) is 1. The minimum absolute atomic E-state index is 0.116. The Bertz CT molecular complexity index is 757. The first kappa shape index (κ1) is 14.7. The molecule has 2 aromatic rings. The highest BCUT2D eigenvalue weighted by atomic mass is 16.5. The number of para-hydroxylation sites is 1. The average Bonchev–Trinajstić information content (AvgIpc) is 2.44. The maximum Gasteiger partial charge on any atom is 0.253 e. The summed E-state index contributed by atoms with van der Waals surface area (Å²) in [6, 6.07) is 10.8. The number of pyridine rings is 1. The van der Waals surface area contributed by atoms with Crippen molar-refractivity contribution in [1.29, 1.82) is 5.26 Å². The Morgan fingerprint density at radius 2 is 2.00 bits per heavy atom. The molecule has 5 nitrogen and oxygen atoms in total. The summed E-state index contributed by atoms with van der Waals surface area (Å²) in [5.74, 6) is 0.425. The fourth-order valence-electron chi connectivity index (χ4n) is 2.07. The smallest absolute Gasteiger partial charge is 0.253 e. The standard InChI is InChI=1S/C16H16N2O3/c1-11-5-3-4-6-14(11)21-8-7-18-15(19)9-12(2)13(10-17)16(18)20/h3-6,9,20H,7-8H2,1-2H3. The van der Waals surface area contributed by atoms with E-state index in [-0.39, 0.29) is 30.2 Å². The molecule has 0 fully saturated rings. The van der Waals surface area contributed by atoms with Gasteiger partial charge in [0.25, 0.3) is 5.56 Å². The van der Waals surface area contributed by atoms with Crippen LogP contribution in [0.15, 0.2) is 35.1 Å². The van der Waals surface area contributed by atoms with Gasteiger partial charge in [0.2, 0.25) is 5.88 Å². The molecule has 0 aliphatic carbocycles. The van der Waals surface area contributed by atoms with Gasteiger partial charge < -0.3 is 9.84 Å². The SMILES string of the molecule is Cc1ccccc1OCCn1c(O)c(C#N)c(C)cc1=O. The number of rotatable bonds is 4. The van der Waals surface area contributed by atoms with Crippen LogP contribution in [0.1, 0.15) is 16.7 Å². The van der Waals surface area contributed by atoms with Crippen LogP contribution >= 0.6 is 0 Å². The van der Waals surface area contributed by atoms with Crippen LogP contribution < -0.4 is 10.3 Å². The van der Waals surface area contributed by atoms with E-state index in [9.17, 15) is 9.90 Å². The molecule has 0 unspecified atom stereocenters. The van der Waals surface area contributed by atoms with Crippen molar-refractivity contribution in [1.82, 2.24) is 4.57 Å². The Morgan fingerprint density at radius 1 is 1.29 bits per heavy atom. The minimum atomic E-state index is -0.350. The van der Waals surface area contributed by atoms with Crippen molar-refractivity contribution in [3.63, 3.8) is 0 Å². The van der Waals surface area contributed by atoms with Gasteiger partial charge in [-0.2, -0.15) is 5.26 Å². The summed E-state index contributed by atoms with van der Waals surface area (Å²) in [4.78, 5) is 11.9. The zero-order chi connectivity index (χ0) is 15.4. The highest BCUT2D eigenvalue weighted by Crippen LogP contribution is 2.18. The number of aromatic nitrogens is 1. The van der Waals surface area contributed by atoms with Gasteiger partial charge in [0.15, 0.2) is 0 Å². The van der Waals surface area contributed by atoms with E-state index >= 15 is 0 Å². The van der Waals surface area contributed by atoms with Gasteiger partial charge in [0, 0.05) is 6.07 Å². The van der Waals surface area contributed by atoms with Gasteiger partial charge in [0.1, 0.15) is 24.0 Å². The van der Waals surface area contributed by atoms with Crippen molar-refractivity contribution >= 4 is 0 Å². The van der Waals surface area contributed by atoms with E-state index in [1.54, 1.807) is 6.92 Å². The average molecular weight is 284 g/mol. The first-order valence-electron chi connectivity index (χ1n) is 6.56. The van der Waals surface area contributed by atoms with Crippen molar-refractivity contribution < 1.29 is 9.84 Å². The van der Waals surface area contributed by atoms with Crippen molar-refractivity contribution in [2.75, 3.05) is 6.61 Å². The second-order valence-electron chi connectivity index (χ2n) is 4.74. The number of aryl methyl sites for hydroxylation is 2. The van der Waals surface area contributed by atoms with Crippen molar-refractivity contribution in [2.24, 2.45) is 0 Å². The molecule has 0 saturated heterocycles. The Balaban J connectivity index is 2.17. The maximum absolute atomic E-state index is 11.9. The zero-order valence-electron chi connectivity index (χ0n) is 12.0. The fraction of sp³-hybridized carbons (Fsp3) is 0.250. The Labute approximate surface area is 122 Å². The molecule has 0 atom stereocenters. The molecular weight excluding hydrogens is 268 g/mol. The highest BCUT2D eigenvalue weighted by Gasteiger charge is 2.12. The summed E-state index contributed by atoms with van der Waals surface area (Å²) in [6.07, 6.45) is 0. The first-order chi connectivity index (χ1) is 10.0. The highest BCUT2D eigenvalue weighted by molar-refractivity contribution is 5.43. The number of aromatic hydroxyl groups is 1. The normalized spacial score (nSPS) is 10.1. The van der Waals surface area contributed by atoms with Crippen LogP contribution in [0.3, 0.4) is 0 Å². The molecule has 0 aliphatic rings. The molecule has 0 spiro atoms. The van der Waals surface area contributed by atoms with E-state index in [2.05, 4.69) is 0 Å². The minimum Gasteiger partial charge on any atom is -0.493 e. The van der Waals surface area contributed by atoms with Crippen LogP contribution in [0.2, 0.25) is 0 Å². The second kappa shape index (κ2) is 6.14. The fourth-order valence-corrected chi connectivity index (χ4v) is 2.07. The summed E-state index contributed by atoms with van der Waals surface area (Å²) in [5, 5.41) is 19.0. The summed E-state index contributed by atoms with van der Waals surface area (Å²) >= 11 is 0. The van der Waals surface area contributed by atoms with E-state index in [0.29, 0.717) is 5.56 Å². The van der Waals surface area contributed by atoms with E-state index in [0.717, 1.165) is 15.9 Å². The van der Waals surface area contributed by atoms with Gasteiger partial charge in [-0.3, -0.25) is 9.36 Å². The first-order valence-corrected chi connectivity index (χ1v) is 6.56. The predicted octanol–water partition coefficient (Wildman–Crippen LogP) is 2.12. The molecule has 1 N–H and O–H groups in total. The van der Waals surface area contributed by atoms with Gasteiger partial charge in [-0.15, -0.1) is 0 Å². The van der Waals surface area contributed by atoms with Crippen molar-refractivity contribution in [2.45, 2.75) is 20.4 Å². The number of nitrogens with zero attached hydrogens (tertiary/aromatic N) is 2. The zero-order valence-corrected chi connectivity index (χ0v) is 12.0. The summed E-state index contributed by atoms with van der Waals surface area (Å²) < 4.78 is 6.74. The summed E-state index contributed by atoms with van der Waals surface area (Å²) in [5.41, 5.74) is 1.23. The van der Waals surface area contributed by atoms with Gasteiger partial charge >= 0.3 is 0 Å². The molecule has 5 heteroatoms. The third-order valence-electron chi connectivity index (χ3n) is 3.26. The van der Waals surface area contributed by atoms with Gasteiger partial charge in [-0.05, 0) is 31.0 Å². The summed E-state index contributed by atoms with van der Waals surface area (Å²) in [6.45, 7) is 3.95. The lowest BCUT2D eigenvalue weighted by molar-refractivity contribution is 0.282. The van der Waals surface area contributed by atoms with Crippen LogP contribution in [0, 0.1) is 25.2 Å². The second-order valence-corrected chi connectivity index (χ2v) is 4.74. The van der Waals surface area contributed by atoms with Gasteiger partial charge in [0.05, 0.1) is 6.54 Å². The molecule has 0 saturated carbocycles. The van der Waals surface area contributed by atoms with Crippen LogP contribution in [-0.2, 0) is 6.54 Å². The number of nitriles is 1. The molecule has 21 heavy (non-hydrogen) atoms. The lowest BCUT2D eigenvalue weighted by Crippen LogP contribution is -2.23. The van der Waals surface area contributed by atoms with Gasteiger partial charge in [-0.25, -0.2) is 0 Å². The Hall–Kier alpha value is -2.74. The maximum atomic E-state index is 11.9. The van der Waals surface area contributed by atoms with E-state index in [1.165, 1.54) is 6.07 Å². The molecule has 0 radical (unpaired) electrons. The Morgan fingerprint density at radius 3 is 2.67 bits per heavy atom. The number of ether oxygens (including phenoxy) is 1. The molecule has 0 aliphatic heterocycles. The third-order valence-corrected chi connectivity index (χ3v) is 3.26. The van der Waals surface area contributed by atoms with Crippen molar-refractivity contribution in [3.8, 4) is 17.7 Å². The third kappa shape index (κ3) is 3.06. The number of benzene rings is 1. The molecule has 1 aromatic heterocycles. The van der Waals surface area contributed by atoms with Crippen LogP contribution in [0.5, 0.6) is 11.6 Å². The molecule has 0 amide bonds. The summed E-state index contributed by atoms with van der Waals surface area (Å²) in [7, 11) is 0. The van der Waals surface area contributed by atoms with Crippen LogP contribution in [0.4, 0.5) is 0 Å². The molecule has 108 valence electrons. The molecule has 1 aromatic carbocycles. The quantitative estimate of drug-likeness (QED) is 0.933. The van der Waals surface area contributed by atoms with E-state index in [4.69, 9.17) is 10.00 Å². The monoisotopic (exact) mass is 284 g/mol. The largest absolute Gasteiger partial charge is 0.493 e. The van der Waals surface area contributed by atoms with E-state index < -0.39 is 0 Å². The topological polar surface area (TPSA) is 75.2 Å². The van der Waals surface area contributed by atoms with E-state index in [1.807, 2.05) is 37.3 Å². The molecule has 2 rings (SSSR count). The molecular formula is C16H16N2O3. The lowest BCUT2D eigenvalue weighted by atomic mass is 10.1. The van der Waals surface area contributed by atoms with Crippen LogP contribution in [-0.4, -0.2) is 16.3 Å². The van der Waals surface area contributed by atoms with Gasteiger partial charge in [-0.1, -0.05) is 18.2 Å². The van der Waals surface area contributed by atoms with Crippen molar-refractivity contribution in [3.05, 3.63) is 57.4 Å². The lowest BCUT2D eigenvalue weighted by Gasteiger charge is -2.12. The predicted molar refractivity (Wildman–Crippen MR) is 78.5 cm³/mol. The Kier molecular flexibility index (Phi) is 4.29. The van der Waals surface area contributed by atoms with Crippen LogP contribution in [0.25, 0.3) is 0 Å².